The van der Waals surface area contributed by atoms with Crippen molar-refractivity contribution in [3.63, 3.8) is 0 Å². The molecule has 0 aliphatic rings. The summed E-state index contributed by atoms with van der Waals surface area (Å²) in [6.45, 7) is 1.77. The van der Waals surface area contributed by atoms with Crippen molar-refractivity contribution in [1.82, 2.24) is 0 Å². The van der Waals surface area contributed by atoms with E-state index in [0.717, 1.165) is 10.0 Å². The lowest BCUT2D eigenvalue weighted by atomic mass is 10.2. The van der Waals surface area contributed by atoms with E-state index in [2.05, 4.69) is 15.9 Å². The Hall–Kier alpha value is -1.39. The molecule has 0 fully saturated rings. The molecule has 94 valence electrons. The summed E-state index contributed by atoms with van der Waals surface area (Å²) in [6.07, 6.45) is 0. The van der Waals surface area contributed by atoms with Gasteiger partial charge in [0.25, 0.3) is 0 Å². The van der Waals surface area contributed by atoms with Gasteiger partial charge in [0.2, 0.25) is 0 Å². The van der Waals surface area contributed by atoms with Gasteiger partial charge in [0.1, 0.15) is 5.75 Å². The normalized spacial score (nSPS) is 10.4. The quantitative estimate of drug-likeness (QED) is 0.921. The number of hydrogen-bond donors (Lipinski definition) is 1. The van der Waals surface area contributed by atoms with Crippen LogP contribution in [0.15, 0.2) is 40.9 Å². The first-order valence-electron chi connectivity index (χ1n) is 5.43. The van der Waals surface area contributed by atoms with Crippen LogP contribution in [0.4, 0.5) is 4.39 Å². The van der Waals surface area contributed by atoms with Gasteiger partial charge in [-0.2, -0.15) is 0 Å². The van der Waals surface area contributed by atoms with Crippen LogP contribution in [0.2, 0.25) is 0 Å². The summed E-state index contributed by atoms with van der Waals surface area (Å²) in [6, 6.07) is 9.96. The van der Waals surface area contributed by atoms with Gasteiger partial charge in [-0.1, -0.05) is 12.1 Å². The third-order valence-corrected chi connectivity index (χ3v) is 3.11. The second kappa shape index (κ2) is 5.50. The van der Waals surface area contributed by atoms with E-state index < -0.39 is 5.82 Å². The van der Waals surface area contributed by atoms with Crippen molar-refractivity contribution in [2.45, 2.75) is 13.5 Å². The lowest BCUT2D eigenvalue weighted by Gasteiger charge is -2.09. The molecule has 0 bridgehead atoms. The lowest BCUT2D eigenvalue weighted by molar-refractivity contribution is 0.281. The van der Waals surface area contributed by atoms with Gasteiger partial charge in [-0.05, 0) is 58.2 Å². The Morgan fingerprint density at radius 1 is 1.17 bits per heavy atom. The smallest absolute Gasteiger partial charge is 0.166 e. The zero-order valence-corrected chi connectivity index (χ0v) is 11.4. The molecule has 0 aliphatic carbocycles. The van der Waals surface area contributed by atoms with Crippen LogP contribution in [0, 0.1) is 12.7 Å². The summed E-state index contributed by atoms with van der Waals surface area (Å²) >= 11 is 3.37. The van der Waals surface area contributed by atoms with Gasteiger partial charge in [-0.25, -0.2) is 4.39 Å². The first-order valence-corrected chi connectivity index (χ1v) is 6.23. The Kier molecular flexibility index (Phi) is 3.99. The monoisotopic (exact) mass is 310 g/mol. The maximum absolute atomic E-state index is 13.7. The molecule has 0 aromatic heterocycles. The van der Waals surface area contributed by atoms with E-state index in [9.17, 15) is 4.39 Å². The van der Waals surface area contributed by atoms with Gasteiger partial charge >= 0.3 is 0 Å². The minimum absolute atomic E-state index is 0.136. The van der Waals surface area contributed by atoms with Crippen molar-refractivity contribution in [2.75, 3.05) is 0 Å². The second-order valence-electron chi connectivity index (χ2n) is 3.96. The van der Waals surface area contributed by atoms with Crippen molar-refractivity contribution in [1.29, 1.82) is 0 Å². The summed E-state index contributed by atoms with van der Waals surface area (Å²) in [4.78, 5) is 0. The van der Waals surface area contributed by atoms with Crippen molar-refractivity contribution in [3.8, 4) is 11.5 Å². The number of aliphatic hydroxyl groups excluding tert-OH is 1. The molecule has 18 heavy (non-hydrogen) atoms. The first kappa shape index (κ1) is 13.1. The topological polar surface area (TPSA) is 29.5 Å². The molecular weight excluding hydrogens is 299 g/mol. The molecular formula is C14H12BrFO2. The summed E-state index contributed by atoms with van der Waals surface area (Å²) in [5, 5.41) is 8.90. The fourth-order valence-corrected chi connectivity index (χ4v) is 2.11. The van der Waals surface area contributed by atoms with Crippen molar-refractivity contribution < 1.29 is 14.2 Å². The van der Waals surface area contributed by atoms with Gasteiger partial charge in [0, 0.05) is 0 Å². The average molecular weight is 311 g/mol. The Labute approximate surface area is 113 Å². The molecule has 0 amide bonds. The molecule has 2 aromatic carbocycles. The van der Waals surface area contributed by atoms with Crippen molar-refractivity contribution in [3.05, 3.63) is 57.8 Å². The Morgan fingerprint density at radius 3 is 2.50 bits per heavy atom. The average Bonchev–Trinajstić information content (AvgIpc) is 2.34. The molecule has 1 N–H and O–H groups in total. The van der Waals surface area contributed by atoms with Gasteiger partial charge in [0.15, 0.2) is 11.6 Å². The summed E-state index contributed by atoms with van der Waals surface area (Å²) < 4.78 is 19.9. The molecule has 0 saturated carbocycles. The van der Waals surface area contributed by atoms with E-state index in [4.69, 9.17) is 9.84 Å². The van der Waals surface area contributed by atoms with Gasteiger partial charge in [-0.3, -0.25) is 0 Å². The maximum Gasteiger partial charge on any atom is 0.166 e. The van der Waals surface area contributed by atoms with Crippen LogP contribution in [0.1, 0.15) is 11.1 Å². The van der Waals surface area contributed by atoms with Gasteiger partial charge in [0.05, 0.1) is 11.1 Å². The molecule has 4 heteroatoms. The minimum Gasteiger partial charge on any atom is -0.453 e. The van der Waals surface area contributed by atoms with Crippen LogP contribution < -0.4 is 4.74 Å². The Bertz CT molecular complexity index is 570. The second-order valence-corrected chi connectivity index (χ2v) is 4.81. The fraction of sp³-hybridized carbons (Fsp3) is 0.143. The summed E-state index contributed by atoms with van der Waals surface area (Å²) in [5.41, 5.74) is 1.60. The molecule has 0 spiro atoms. The lowest BCUT2D eigenvalue weighted by Crippen LogP contribution is -1.92. The van der Waals surface area contributed by atoms with Gasteiger partial charge in [-0.15, -0.1) is 0 Å². The number of halogens is 2. The highest BCUT2D eigenvalue weighted by molar-refractivity contribution is 9.10. The largest absolute Gasteiger partial charge is 0.453 e. The number of ether oxygens (including phenoxy) is 1. The highest BCUT2D eigenvalue weighted by Crippen LogP contribution is 2.31. The number of benzene rings is 2. The Balaban J connectivity index is 2.28. The molecule has 2 nitrogen and oxygen atoms in total. The molecule has 0 unspecified atom stereocenters. The SMILES string of the molecule is Cc1ccc(Oc2ccc(CO)cc2F)c(Br)c1. The predicted octanol–water partition coefficient (Wildman–Crippen LogP) is 4.18. The first-order chi connectivity index (χ1) is 8.60. The van der Waals surface area contributed by atoms with Crippen LogP contribution in [-0.4, -0.2) is 5.11 Å². The van der Waals surface area contributed by atoms with Crippen molar-refractivity contribution >= 4 is 15.9 Å². The zero-order chi connectivity index (χ0) is 13.1. The highest BCUT2D eigenvalue weighted by atomic mass is 79.9. The van der Waals surface area contributed by atoms with Crippen LogP contribution >= 0.6 is 15.9 Å². The van der Waals surface area contributed by atoms with Crippen molar-refractivity contribution in [2.24, 2.45) is 0 Å². The molecule has 0 saturated heterocycles. The van der Waals surface area contributed by atoms with Crippen LogP contribution in [0.25, 0.3) is 0 Å². The third-order valence-electron chi connectivity index (χ3n) is 2.49. The van der Waals surface area contributed by atoms with E-state index in [-0.39, 0.29) is 12.4 Å². The third kappa shape index (κ3) is 2.89. The number of hydrogen-bond acceptors (Lipinski definition) is 2. The van der Waals surface area contributed by atoms with E-state index in [1.54, 1.807) is 12.1 Å². The highest BCUT2D eigenvalue weighted by Gasteiger charge is 2.08. The van der Waals surface area contributed by atoms with E-state index in [0.29, 0.717) is 11.3 Å². The predicted molar refractivity (Wildman–Crippen MR) is 71.3 cm³/mol. The van der Waals surface area contributed by atoms with Crippen LogP contribution in [-0.2, 0) is 6.61 Å². The van der Waals surface area contributed by atoms with Crippen LogP contribution in [0.3, 0.4) is 0 Å². The minimum atomic E-state index is -0.492. The molecule has 0 radical (unpaired) electrons. The summed E-state index contributed by atoms with van der Waals surface area (Å²) in [7, 11) is 0. The molecule has 0 aliphatic heterocycles. The summed E-state index contributed by atoms with van der Waals surface area (Å²) in [5.74, 6) is 0.196. The zero-order valence-electron chi connectivity index (χ0n) is 9.78. The Morgan fingerprint density at radius 2 is 1.89 bits per heavy atom. The molecule has 0 atom stereocenters. The maximum atomic E-state index is 13.7. The van der Waals surface area contributed by atoms with E-state index in [1.165, 1.54) is 12.1 Å². The standard InChI is InChI=1S/C14H12BrFO2/c1-9-2-4-13(11(15)6-9)18-14-5-3-10(8-17)7-12(14)16/h2-7,17H,8H2,1H3. The number of aliphatic hydroxyl groups is 1. The number of rotatable bonds is 3. The molecule has 2 aromatic rings. The van der Waals surface area contributed by atoms with Crippen LogP contribution in [0.5, 0.6) is 11.5 Å². The molecule has 2 rings (SSSR count). The molecule has 0 heterocycles. The van der Waals surface area contributed by atoms with E-state index in [1.807, 2.05) is 19.1 Å². The van der Waals surface area contributed by atoms with E-state index >= 15 is 0 Å². The number of aryl methyl sites for hydroxylation is 1. The fourth-order valence-electron chi connectivity index (χ4n) is 1.53. The van der Waals surface area contributed by atoms with Gasteiger partial charge < -0.3 is 9.84 Å².